The van der Waals surface area contributed by atoms with Crippen LogP contribution in [0.3, 0.4) is 0 Å². The molecule has 1 aromatic carbocycles. The lowest BCUT2D eigenvalue weighted by Gasteiger charge is -2.20. The summed E-state index contributed by atoms with van der Waals surface area (Å²) in [5.41, 5.74) is 1.27. The molecular formula is C17H29NO2S. The lowest BCUT2D eigenvalue weighted by molar-refractivity contribution is 0.287. The maximum atomic E-state index is 5.72. The minimum atomic E-state index is 0.362. The largest absolute Gasteiger partial charge is 0.490 e. The highest BCUT2D eigenvalue weighted by atomic mass is 32.2. The molecule has 0 fully saturated rings. The highest BCUT2D eigenvalue weighted by Gasteiger charge is 2.14. The van der Waals surface area contributed by atoms with E-state index in [1.807, 2.05) is 31.7 Å². The van der Waals surface area contributed by atoms with E-state index in [1.165, 1.54) is 17.7 Å². The van der Waals surface area contributed by atoms with Gasteiger partial charge in [-0.05, 0) is 50.3 Å². The van der Waals surface area contributed by atoms with Crippen LogP contribution in [-0.2, 0) is 0 Å². The molecule has 3 nitrogen and oxygen atoms in total. The van der Waals surface area contributed by atoms with Gasteiger partial charge in [0, 0.05) is 11.8 Å². The van der Waals surface area contributed by atoms with Crippen LogP contribution in [0, 0.1) is 0 Å². The summed E-state index contributed by atoms with van der Waals surface area (Å²) in [6.45, 7) is 10.6. The fourth-order valence-corrected chi connectivity index (χ4v) is 3.15. The molecule has 0 aliphatic rings. The second-order valence-corrected chi connectivity index (χ2v) is 5.91. The van der Waals surface area contributed by atoms with Crippen LogP contribution in [0.5, 0.6) is 11.5 Å². The molecule has 0 aliphatic heterocycles. The van der Waals surface area contributed by atoms with Crippen molar-refractivity contribution in [3.63, 3.8) is 0 Å². The Hall–Kier alpha value is -0.870. The quantitative estimate of drug-likeness (QED) is 0.618. The van der Waals surface area contributed by atoms with Gasteiger partial charge in [-0.15, -0.1) is 0 Å². The Bertz CT molecular complexity index is 398. The Morgan fingerprint density at radius 2 is 1.76 bits per heavy atom. The normalized spacial score (nSPS) is 12.2. The van der Waals surface area contributed by atoms with Crippen LogP contribution in [0.25, 0.3) is 0 Å². The third kappa shape index (κ3) is 6.18. The maximum absolute atomic E-state index is 5.72. The van der Waals surface area contributed by atoms with Gasteiger partial charge in [-0.3, -0.25) is 0 Å². The molecule has 1 rings (SSSR count). The van der Waals surface area contributed by atoms with Gasteiger partial charge in [0.05, 0.1) is 13.2 Å². The van der Waals surface area contributed by atoms with Gasteiger partial charge in [-0.2, -0.15) is 11.8 Å². The first-order valence-corrected chi connectivity index (χ1v) is 9.12. The highest BCUT2D eigenvalue weighted by Crippen LogP contribution is 2.31. The molecule has 0 aliphatic carbocycles. The molecule has 0 amide bonds. The van der Waals surface area contributed by atoms with Crippen molar-refractivity contribution in [3.8, 4) is 11.5 Å². The van der Waals surface area contributed by atoms with Gasteiger partial charge < -0.3 is 14.8 Å². The first-order valence-electron chi connectivity index (χ1n) is 7.97. The second kappa shape index (κ2) is 10.8. The molecule has 0 spiro atoms. The Kier molecular flexibility index (Phi) is 9.35. The molecule has 4 heteroatoms. The van der Waals surface area contributed by atoms with E-state index < -0.39 is 0 Å². The summed E-state index contributed by atoms with van der Waals surface area (Å²) in [4.78, 5) is 0. The van der Waals surface area contributed by atoms with E-state index >= 15 is 0 Å². The SMILES string of the molecule is CCCSCC(NCC)c1ccc(OCC)c(OCC)c1. The number of rotatable bonds is 11. The van der Waals surface area contributed by atoms with Gasteiger partial charge in [0.1, 0.15) is 0 Å². The van der Waals surface area contributed by atoms with Gasteiger partial charge in [-0.25, -0.2) is 0 Å². The zero-order valence-corrected chi connectivity index (χ0v) is 14.6. The van der Waals surface area contributed by atoms with Crippen LogP contribution >= 0.6 is 11.8 Å². The van der Waals surface area contributed by atoms with E-state index in [1.54, 1.807) is 0 Å². The molecule has 21 heavy (non-hydrogen) atoms. The standard InChI is InChI=1S/C17H29NO2S/c1-5-11-21-13-15(18-6-2)14-9-10-16(19-7-3)17(12-14)20-8-4/h9-10,12,15,18H,5-8,11,13H2,1-4H3. The summed E-state index contributed by atoms with van der Waals surface area (Å²) >= 11 is 2.00. The van der Waals surface area contributed by atoms with Gasteiger partial charge in [0.15, 0.2) is 11.5 Å². The summed E-state index contributed by atoms with van der Waals surface area (Å²) < 4.78 is 11.4. The van der Waals surface area contributed by atoms with E-state index in [0.29, 0.717) is 19.3 Å². The van der Waals surface area contributed by atoms with Crippen molar-refractivity contribution in [2.45, 2.75) is 40.2 Å². The summed E-state index contributed by atoms with van der Waals surface area (Å²) in [5.74, 6) is 3.97. The van der Waals surface area contributed by atoms with Crippen LogP contribution in [0.2, 0.25) is 0 Å². The van der Waals surface area contributed by atoms with E-state index in [9.17, 15) is 0 Å². The number of benzene rings is 1. The Morgan fingerprint density at radius 1 is 1.05 bits per heavy atom. The number of hydrogen-bond acceptors (Lipinski definition) is 4. The zero-order valence-electron chi connectivity index (χ0n) is 13.8. The Morgan fingerprint density at radius 3 is 2.38 bits per heavy atom. The van der Waals surface area contributed by atoms with Crippen LogP contribution in [0.15, 0.2) is 18.2 Å². The van der Waals surface area contributed by atoms with Crippen molar-refractivity contribution < 1.29 is 9.47 Å². The van der Waals surface area contributed by atoms with E-state index in [4.69, 9.17) is 9.47 Å². The molecule has 1 aromatic rings. The summed E-state index contributed by atoms with van der Waals surface area (Å²) in [5, 5.41) is 3.56. The summed E-state index contributed by atoms with van der Waals surface area (Å²) in [7, 11) is 0. The molecular weight excluding hydrogens is 282 g/mol. The first kappa shape index (κ1) is 18.2. The Labute approximate surface area is 133 Å². The van der Waals surface area contributed by atoms with E-state index in [0.717, 1.165) is 23.8 Å². The lowest BCUT2D eigenvalue weighted by atomic mass is 10.1. The van der Waals surface area contributed by atoms with Gasteiger partial charge in [0.2, 0.25) is 0 Å². The zero-order chi connectivity index (χ0) is 15.5. The van der Waals surface area contributed by atoms with Gasteiger partial charge >= 0.3 is 0 Å². The molecule has 0 saturated carbocycles. The lowest BCUT2D eigenvalue weighted by Crippen LogP contribution is -2.23. The third-order valence-corrected chi connectivity index (χ3v) is 4.32. The van der Waals surface area contributed by atoms with Crippen molar-refractivity contribution in [1.82, 2.24) is 5.32 Å². The predicted octanol–water partition coefficient (Wildman–Crippen LogP) is 4.28. The van der Waals surface area contributed by atoms with Crippen molar-refractivity contribution in [2.75, 3.05) is 31.3 Å². The fourth-order valence-electron chi connectivity index (χ4n) is 2.15. The van der Waals surface area contributed by atoms with Gasteiger partial charge in [-0.1, -0.05) is 19.9 Å². The van der Waals surface area contributed by atoms with Crippen LogP contribution in [0.1, 0.15) is 45.7 Å². The number of thioether (sulfide) groups is 1. The molecule has 0 heterocycles. The van der Waals surface area contributed by atoms with E-state index in [-0.39, 0.29) is 0 Å². The average Bonchev–Trinajstić information content (AvgIpc) is 2.49. The number of ether oxygens (including phenoxy) is 2. The smallest absolute Gasteiger partial charge is 0.161 e. The predicted molar refractivity (Wildman–Crippen MR) is 92.8 cm³/mol. The fraction of sp³-hybridized carbons (Fsp3) is 0.647. The van der Waals surface area contributed by atoms with E-state index in [2.05, 4.69) is 31.3 Å². The minimum absolute atomic E-state index is 0.362. The molecule has 1 atom stereocenters. The third-order valence-electron chi connectivity index (χ3n) is 3.05. The van der Waals surface area contributed by atoms with Crippen molar-refractivity contribution in [1.29, 1.82) is 0 Å². The summed E-state index contributed by atoms with van der Waals surface area (Å²) in [6.07, 6.45) is 1.22. The average molecular weight is 311 g/mol. The van der Waals surface area contributed by atoms with Crippen LogP contribution in [0.4, 0.5) is 0 Å². The van der Waals surface area contributed by atoms with Crippen molar-refractivity contribution in [2.24, 2.45) is 0 Å². The highest BCUT2D eigenvalue weighted by molar-refractivity contribution is 7.99. The molecule has 120 valence electrons. The topological polar surface area (TPSA) is 30.5 Å². The molecule has 0 bridgehead atoms. The molecule has 0 saturated heterocycles. The minimum Gasteiger partial charge on any atom is -0.490 e. The monoisotopic (exact) mass is 311 g/mol. The molecule has 0 radical (unpaired) electrons. The maximum Gasteiger partial charge on any atom is 0.161 e. The van der Waals surface area contributed by atoms with Gasteiger partial charge in [0.25, 0.3) is 0 Å². The van der Waals surface area contributed by atoms with Crippen LogP contribution < -0.4 is 14.8 Å². The molecule has 0 aromatic heterocycles. The van der Waals surface area contributed by atoms with Crippen LogP contribution in [-0.4, -0.2) is 31.3 Å². The molecule has 1 N–H and O–H groups in total. The van der Waals surface area contributed by atoms with Crippen molar-refractivity contribution in [3.05, 3.63) is 23.8 Å². The molecule has 1 unspecified atom stereocenters. The Balaban J connectivity index is 2.88. The number of hydrogen-bond donors (Lipinski definition) is 1. The second-order valence-electron chi connectivity index (χ2n) is 4.76. The first-order chi connectivity index (χ1) is 10.3. The summed E-state index contributed by atoms with van der Waals surface area (Å²) in [6, 6.07) is 6.65. The number of nitrogens with one attached hydrogen (secondary N) is 1. The van der Waals surface area contributed by atoms with Crippen molar-refractivity contribution >= 4 is 11.8 Å².